The number of hydrogen-bond acceptors (Lipinski definition) is 7. The van der Waals surface area contributed by atoms with Gasteiger partial charge in [0.05, 0.1) is 5.69 Å². The maximum atomic E-state index is 15.2. The first kappa shape index (κ1) is 27.0. The van der Waals surface area contributed by atoms with E-state index in [9.17, 15) is 22.4 Å². The molecule has 0 saturated heterocycles. The summed E-state index contributed by atoms with van der Waals surface area (Å²) >= 11 is 0. The van der Waals surface area contributed by atoms with E-state index in [0.717, 1.165) is 17.0 Å². The van der Waals surface area contributed by atoms with Crippen LogP contribution in [0.3, 0.4) is 0 Å². The van der Waals surface area contributed by atoms with Gasteiger partial charge in [0.1, 0.15) is 5.58 Å². The number of benzene rings is 2. The van der Waals surface area contributed by atoms with Gasteiger partial charge in [-0.15, -0.1) is 0 Å². The number of fused-ring (bicyclic) bond motifs is 1. The lowest BCUT2D eigenvalue weighted by molar-refractivity contribution is 0.170. The Morgan fingerprint density at radius 3 is 2.42 bits per heavy atom. The fourth-order valence-electron chi connectivity index (χ4n) is 3.42. The van der Waals surface area contributed by atoms with Gasteiger partial charge in [-0.25, -0.2) is 23.1 Å². The van der Waals surface area contributed by atoms with Crippen molar-refractivity contribution < 1.29 is 31.1 Å². The molecule has 3 aromatic rings. The Kier molecular flexibility index (Phi) is 7.96. The molecule has 13 heteroatoms. The zero-order valence-electron chi connectivity index (χ0n) is 20.3. The van der Waals surface area contributed by atoms with Crippen molar-refractivity contribution in [2.24, 2.45) is 0 Å². The minimum atomic E-state index is -3.98. The summed E-state index contributed by atoms with van der Waals surface area (Å²) in [5, 5.41) is 0.243. The maximum Gasteiger partial charge on any atom is 0.414 e. The summed E-state index contributed by atoms with van der Waals surface area (Å²) in [6.45, 7) is 0.182. The summed E-state index contributed by atoms with van der Waals surface area (Å²) in [6.07, 6.45) is -1.06. The molecular formula is C23H26F2N4O6S. The van der Waals surface area contributed by atoms with E-state index in [1.165, 1.54) is 39.3 Å². The van der Waals surface area contributed by atoms with Crippen LogP contribution in [0.15, 0.2) is 39.5 Å². The van der Waals surface area contributed by atoms with Crippen molar-refractivity contribution in [1.82, 2.24) is 14.5 Å². The fourth-order valence-corrected chi connectivity index (χ4v) is 3.97. The number of halogens is 2. The number of nitrogens with zero attached hydrogens (tertiary/aromatic N) is 2. The van der Waals surface area contributed by atoms with Gasteiger partial charge in [0, 0.05) is 51.1 Å². The molecule has 0 bridgehead atoms. The van der Waals surface area contributed by atoms with Crippen LogP contribution in [0.2, 0.25) is 0 Å². The van der Waals surface area contributed by atoms with Crippen LogP contribution in [-0.2, 0) is 23.2 Å². The normalized spacial score (nSPS) is 11.7. The highest BCUT2D eigenvalue weighted by atomic mass is 32.2. The molecule has 0 spiro atoms. The quantitative estimate of drug-likeness (QED) is 0.435. The molecule has 1 aromatic heterocycles. The number of ether oxygens (including phenoxy) is 1. The van der Waals surface area contributed by atoms with Gasteiger partial charge in [-0.1, -0.05) is 12.1 Å². The van der Waals surface area contributed by atoms with Gasteiger partial charge < -0.3 is 19.0 Å². The van der Waals surface area contributed by atoms with Crippen molar-refractivity contribution >= 4 is 33.0 Å². The average Bonchev–Trinajstić information content (AvgIpc) is 2.79. The number of nitrogens with one attached hydrogen (secondary N) is 2. The van der Waals surface area contributed by atoms with Crippen LogP contribution in [0.5, 0.6) is 5.75 Å². The molecule has 0 unspecified atom stereocenters. The highest BCUT2D eigenvalue weighted by molar-refractivity contribution is 7.90. The van der Waals surface area contributed by atoms with E-state index in [2.05, 4.69) is 4.72 Å². The Balaban J connectivity index is 2.14. The largest absolute Gasteiger partial charge is 0.422 e. The molecule has 1 amide bonds. The summed E-state index contributed by atoms with van der Waals surface area (Å²) in [6, 6.07) is 6.28. The standard InChI is InChI=1S/C23H26F2N4O6S/c1-26-36(32,33)27-18-8-6-7-13(21(18)25)9-15-16(12-28(2)3)14-10-17(24)20(35-23(31)29(4)5)11-19(14)34-22(15)30/h6-8,10-11,26-27H,9,12H2,1-5H3. The second kappa shape index (κ2) is 10.6. The van der Waals surface area contributed by atoms with E-state index in [4.69, 9.17) is 9.15 Å². The first-order chi connectivity index (χ1) is 16.8. The second-order valence-electron chi connectivity index (χ2n) is 8.39. The molecule has 0 fully saturated rings. The lowest BCUT2D eigenvalue weighted by Crippen LogP contribution is -2.27. The third-order valence-corrected chi connectivity index (χ3v) is 6.19. The van der Waals surface area contributed by atoms with Crippen molar-refractivity contribution in [3.8, 4) is 5.75 Å². The lowest BCUT2D eigenvalue weighted by atomic mass is 9.97. The summed E-state index contributed by atoms with van der Waals surface area (Å²) in [5.74, 6) is -2.14. The number of amides is 1. The van der Waals surface area contributed by atoms with Crippen molar-refractivity contribution in [2.75, 3.05) is 40.0 Å². The minimum Gasteiger partial charge on any atom is -0.422 e. The smallest absolute Gasteiger partial charge is 0.414 e. The average molecular weight is 525 g/mol. The van der Waals surface area contributed by atoms with Crippen molar-refractivity contribution in [2.45, 2.75) is 13.0 Å². The number of carbonyl (C=O) groups excluding carboxylic acids is 1. The monoisotopic (exact) mass is 524 g/mol. The third-order valence-electron chi connectivity index (χ3n) is 5.17. The Morgan fingerprint density at radius 2 is 1.81 bits per heavy atom. The molecule has 10 nitrogen and oxygen atoms in total. The van der Waals surface area contributed by atoms with Crippen LogP contribution < -0.4 is 19.8 Å². The number of hydrogen-bond donors (Lipinski definition) is 2. The molecule has 0 aliphatic rings. The number of carbonyl (C=O) groups is 1. The lowest BCUT2D eigenvalue weighted by Gasteiger charge is -2.17. The molecule has 2 N–H and O–H groups in total. The number of rotatable bonds is 8. The Labute approximate surface area is 206 Å². The van der Waals surface area contributed by atoms with Crippen LogP contribution in [0.4, 0.5) is 19.3 Å². The van der Waals surface area contributed by atoms with Crippen LogP contribution in [0.25, 0.3) is 11.0 Å². The topological polar surface area (TPSA) is 121 Å². The van der Waals surface area contributed by atoms with Gasteiger partial charge >= 0.3 is 11.7 Å². The van der Waals surface area contributed by atoms with Crippen molar-refractivity contribution in [3.05, 3.63) is 69.1 Å². The van der Waals surface area contributed by atoms with Crippen molar-refractivity contribution in [1.29, 1.82) is 0 Å². The van der Waals surface area contributed by atoms with Gasteiger partial charge in [0.15, 0.2) is 17.4 Å². The van der Waals surface area contributed by atoms with E-state index in [1.807, 2.05) is 4.72 Å². The van der Waals surface area contributed by atoms with E-state index in [1.54, 1.807) is 19.0 Å². The molecular weight excluding hydrogens is 498 g/mol. The minimum absolute atomic E-state index is 0.0143. The van der Waals surface area contributed by atoms with E-state index < -0.39 is 39.3 Å². The molecule has 0 saturated carbocycles. The molecule has 3 rings (SSSR count). The Morgan fingerprint density at radius 1 is 1.11 bits per heavy atom. The summed E-state index contributed by atoms with van der Waals surface area (Å²) < 4.78 is 68.1. The summed E-state index contributed by atoms with van der Waals surface area (Å²) in [5.41, 5.74) is -0.636. The molecule has 194 valence electrons. The maximum absolute atomic E-state index is 15.2. The molecule has 36 heavy (non-hydrogen) atoms. The number of anilines is 1. The molecule has 0 aliphatic heterocycles. The van der Waals surface area contributed by atoms with E-state index in [-0.39, 0.29) is 40.7 Å². The van der Waals surface area contributed by atoms with E-state index in [0.29, 0.717) is 5.56 Å². The van der Waals surface area contributed by atoms with Gasteiger partial charge in [0.2, 0.25) is 0 Å². The van der Waals surface area contributed by atoms with Crippen LogP contribution in [-0.4, -0.2) is 59.5 Å². The van der Waals surface area contributed by atoms with Gasteiger partial charge in [-0.3, -0.25) is 4.72 Å². The molecule has 0 atom stereocenters. The predicted octanol–water partition coefficient (Wildman–Crippen LogP) is 2.66. The fraction of sp³-hybridized carbons (Fsp3) is 0.304. The highest BCUT2D eigenvalue weighted by Gasteiger charge is 2.22. The van der Waals surface area contributed by atoms with Crippen LogP contribution in [0.1, 0.15) is 16.7 Å². The predicted molar refractivity (Wildman–Crippen MR) is 130 cm³/mol. The van der Waals surface area contributed by atoms with Gasteiger partial charge in [-0.05, 0) is 37.4 Å². The van der Waals surface area contributed by atoms with Gasteiger partial charge in [0.25, 0.3) is 10.2 Å². The Hall–Kier alpha value is -3.55. The zero-order valence-corrected chi connectivity index (χ0v) is 21.1. The molecule has 0 aliphatic carbocycles. The first-order valence-corrected chi connectivity index (χ1v) is 12.1. The summed E-state index contributed by atoms with van der Waals surface area (Å²) in [4.78, 5) is 27.7. The zero-order chi connectivity index (χ0) is 26.8. The second-order valence-corrected chi connectivity index (χ2v) is 10.0. The highest BCUT2D eigenvalue weighted by Crippen LogP contribution is 2.30. The molecule has 0 radical (unpaired) electrons. The van der Waals surface area contributed by atoms with Gasteiger partial charge in [-0.2, -0.15) is 8.42 Å². The van der Waals surface area contributed by atoms with Crippen LogP contribution >= 0.6 is 0 Å². The van der Waals surface area contributed by atoms with Crippen LogP contribution in [0, 0.1) is 11.6 Å². The van der Waals surface area contributed by atoms with E-state index >= 15 is 4.39 Å². The SMILES string of the molecule is CNS(=O)(=O)Nc1cccc(Cc2c(CN(C)C)c3cc(F)c(OC(=O)N(C)C)cc3oc2=O)c1F. The first-order valence-electron chi connectivity index (χ1n) is 10.6. The third kappa shape index (κ3) is 5.98. The summed E-state index contributed by atoms with van der Waals surface area (Å²) in [7, 11) is 3.53. The Bertz CT molecular complexity index is 1470. The van der Waals surface area contributed by atoms with Crippen molar-refractivity contribution in [3.63, 3.8) is 0 Å². The molecule has 1 heterocycles. The molecule has 2 aromatic carbocycles.